The Hall–Kier alpha value is -0.870. The van der Waals surface area contributed by atoms with Crippen molar-refractivity contribution in [2.45, 2.75) is 57.2 Å². The van der Waals surface area contributed by atoms with Crippen LogP contribution < -0.4 is 10.6 Å². The molecule has 0 bridgehead atoms. The average Bonchev–Trinajstić information content (AvgIpc) is 2.92. The van der Waals surface area contributed by atoms with Gasteiger partial charge in [-0.1, -0.05) is 13.0 Å². The molecule has 1 aliphatic heterocycles. The van der Waals surface area contributed by atoms with E-state index in [1.807, 2.05) is 6.08 Å². The number of nitrogens with one attached hydrogen (secondary N) is 2. The summed E-state index contributed by atoms with van der Waals surface area (Å²) in [7, 11) is 1.69. The Balaban J connectivity index is 0.000000357. The Morgan fingerprint density at radius 2 is 2.22 bits per heavy atom. The van der Waals surface area contributed by atoms with Crippen molar-refractivity contribution in [2.24, 2.45) is 0 Å². The molecule has 2 aliphatic rings. The average molecular weight is 254 g/mol. The maximum absolute atomic E-state index is 11.7. The van der Waals surface area contributed by atoms with E-state index in [2.05, 4.69) is 31.1 Å². The third-order valence-electron chi connectivity index (χ3n) is 3.45. The molecule has 1 unspecified atom stereocenters. The van der Waals surface area contributed by atoms with Crippen molar-refractivity contribution in [1.29, 1.82) is 0 Å². The Bertz CT molecular complexity index is 288. The summed E-state index contributed by atoms with van der Waals surface area (Å²) < 4.78 is 5.19. The Morgan fingerprint density at radius 1 is 1.61 bits per heavy atom. The SMILES string of the molecule is C=CCC.COC1CN[C@H](C(=O)NC2(C)CC2)C1. The van der Waals surface area contributed by atoms with Crippen molar-refractivity contribution in [3.05, 3.63) is 12.7 Å². The second-order valence-electron chi connectivity index (χ2n) is 5.30. The Labute approximate surface area is 110 Å². The van der Waals surface area contributed by atoms with Crippen molar-refractivity contribution in [1.82, 2.24) is 10.6 Å². The lowest BCUT2D eigenvalue weighted by Crippen LogP contribution is -2.45. The van der Waals surface area contributed by atoms with Gasteiger partial charge in [0.05, 0.1) is 12.1 Å². The molecule has 0 aromatic heterocycles. The van der Waals surface area contributed by atoms with Gasteiger partial charge < -0.3 is 15.4 Å². The number of hydrogen-bond donors (Lipinski definition) is 2. The summed E-state index contributed by atoms with van der Waals surface area (Å²) in [5.74, 6) is 0.129. The Kier molecular flexibility index (Phi) is 5.82. The fourth-order valence-electron chi connectivity index (χ4n) is 1.78. The predicted molar refractivity (Wildman–Crippen MR) is 73.5 cm³/mol. The van der Waals surface area contributed by atoms with Crippen LogP contribution in [0, 0.1) is 0 Å². The molecule has 1 saturated heterocycles. The first-order valence-electron chi connectivity index (χ1n) is 6.73. The molecule has 104 valence electrons. The molecule has 0 radical (unpaired) electrons. The lowest BCUT2D eigenvalue weighted by Gasteiger charge is -2.15. The molecule has 1 heterocycles. The van der Waals surface area contributed by atoms with E-state index in [-0.39, 0.29) is 23.6 Å². The maximum atomic E-state index is 11.7. The zero-order valence-corrected chi connectivity index (χ0v) is 11.8. The molecule has 2 N–H and O–H groups in total. The van der Waals surface area contributed by atoms with Crippen molar-refractivity contribution in [3.8, 4) is 0 Å². The number of amides is 1. The number of carbonyl (C=O) groups is 1. The molecule has 2 fully saturated rings. The van der Waals surface area contributed by atoms with E-state index in [0.29, 0.717) is 0 Å². The van der Waals surface area contributed by atoms with E-state index in [0.717, 1.165) is 32.2 Å². The van der Waals surface area contributed by atoms with Crippen LogP contribution in [-0.2, 0) is 9.53 Å². The number of rotatable bonds is 4. The summed E-state index contributed by atoms with van der Waals surface area (Å²) in [5.41, 5.74) is 0.0872. The van der Waals surface area contributed by atoms with Crippen LogP contribution in [0.25, 0.3) is 0 Å². The van der Waals surface area contributed by atoms with Gasteiger partial charge in [-0.15, -0.1) is 6.58 Å². The van der Waals surface area contributed by atoms with E-state index in [4.69, 9.17) is 4.74 Å². The second kappa shape index (κ2) is 6.90. The van der Waals surface area contributed by atoms with Crippen LogP contribution in [0.4, 0.5) is 0 Å². The largest absolute Gasteiger partial charge is 0.380 e. The highest BCUT2D eigenvalue weighted by molar-refractivity contribution is 5.83. The fourth-order valence-corrected chi connectivity index (χ4v) is 1.78. The number of carbonyl (C=O) groups excluding carboxylic acids is 1. The van der Waals surface area contributed by atoms with Gasteiger partial charge in [0.1, 0.15) is 0 Å². The first-order chi connectivity index (χ1) is 8.54. The molecule has 0 spiro atoms. The molecule has 1 amide bonds. The minimum Gasteiger partial charge on any atom is -0.380 e. The van der Waals surface area contributed by atoms with E-state index >= 15 is 0 Å². The lowest BCUT2D eigenvalue weighted by molar-refractivity contribution is -0.123. The van der Waals surface area contributed by atoms with Crippen LogP contribution in [0.2, 0.25) is 0 Å². The van der Waals surface area contributed by atoms with Crippen molar-refractivity contribution < 1.29 is 9.53 Å². The van der Waals surface area contributed by atoms with Crippen molar-refractivity contribution in [3.63, 3.8) is 0 Å². The van der Waals surface area contributed by atoms with Gasteiger partial charge >= 0.3 is 0 Å². The zero-order valence-electron chi connectivity index (χ0n) is 11.8. The fraction of sp³-hybridized carbons (Fsp3) is 0.786. The van der Waals surface area contributed by atoms with Gasteiger partial charge in [0.2, 0.25) is 5.91 Å². The Morgan fingerprint density at radius 3 is 2.61 bits per heavy atom. The second-order valence-corrected chi connectivity index (χ2v) is 5.30. The van der Waals surface area contributed by atoms with Crippen LogP contribution in [0.3, 0.4) is 0 Å². The summed E-state index contributed by atoms with van der Waals surface area (Å²) in [6.07, 6.45) is 6.16. The van der Waals surface area contributed by atoms with Gasteiger partial charge in [0.15, 0.2) is 0 Å². The third kappa shape index (κ3) is 4.78. The van der Waals surface area contributed by atoms with Gasteiger partial charge in [-0.05, 0) is 32.6 Å². The molecular formula is C14H26N2O2. The van der Waals surface area contributed by atoms with Gasteiger partial charge in [0.25, 0.3) is 0 Å². The first kappa shape index (κ1) is 15.2. The number of methoxy groups -OCH3 is 1. The van der Waals surface area contributed by atoms with Crippen molar-refractivity contribution >= 4 is 5.91 Å². The van der Waals surface area contributed by atoms with Crippen LogP contribution in [-0.4, -0.2) is 37.2 Å². The highest BCUT2D eigenvalue weighted by atomic mass is 16.5. The summed E-state index contributed by atoms with van der Waals surface area (Å²) in [5, 5.41) is 6.23. The lowest BCUT2D eigenvalue weighted by atomic mass is 10.1. The van der Waals surface area contributed by atoms with Crippen molar-refractivity contribution in [2.75, 3.05) is 13.7 Å². The third-order valence-corrected chi connectivity index (χ3v) is 3.45. The quantitative estimate of drug-likeness (QED) is 0.750. The highest BCUT2D eigenvalue weighted by Gasteiger charge is 2.41. The summed E-state index contributed by atoms with van der Waals surface area (Å²) in [6, 6.07) is -0.0580. The summed E-state index contributed by atoms with van der Waals surface area (Å²) in [6.45, 7) is 8.42. The monoisotopic (exact) mass is 254 g/mol. The molecule has 2 atom stereocenters. The molecule has 0 aromatic rings. The topological polar surface area (TPSA) is 50.4 Å². The van der Waals surface area contributed by atoms with Gasteiger partial charge in [-0.2, -0.15) is 0 Å². The normalized spacial score (nSPS) is 27.9. The molecule has 18 heavy (non-hydrogen) atoms. The van der Waals surface area contributed by atoms with Crippen LogP contribution >= 0.6 is 0 Å². The van der Waals surface area contributed by atoms with E-state index in [1.54, 1.807) is 7.11 Å². The predicted octanol–water partition coefficient (Wildman–Crippen LogP) is 1.61. The molecule has 1 saturated carbocycles. The number of hydrogen-bond acceptors (Lipinski definition) is 3. The van der Waals surface area contributed by atoms with Crippen LogP contribution in [0.15, 0.2) is 12.7 Å². The van der Waals surface area contributed by atoms with Gasteiger partial charge in [0, 0.05) is 19.2 Å². The molecule has 4 heteroatoms. The van der Waals surface area contributed by atoms with E-state index < -0.39 is 0 Å². The first-order valence-corrected chi connectivity index (χ1v) is 6.73. The number of ether oxygens (including phenoxy) is 1. The zero-order chi connectivity index (χ0) is 13.6. The van der Waals surface area contributed by atoms with Gasteiger partial charge in [-0.25, -0.2) is 0 Å². The van der Waals surface area contributed by atoms with E-state index in [9.17, 15) is 4.79 Å². The van der Waals surface area contributed by atoms with Gasteiger partial charge in [-0.3, -0.25) is 4.79 Å². The molecule has 2 rings (SSSR count). The van der Waals surface area contributed by atoms with Crippen LogP contribution in [0.1, 0.15) is 39.5 Å². The molecular weight excluding hydrogens is 228 g/mol. The highest BCUT2D eigenvalue weighted by Crippen LogP contribution is 2.34. The standard InChI is InChI=1S/C10H18N2O2.C4H8/c1-10(3-4-10)12-9(13)8-5-7(14-2)6-11-8;1-3-4-2/h7-8,11H,3-6H2,1-2H3,(H,12,13);3H,1,4H2,2H3/t7?,8-;/m0./s1. The van der Waals surface area contributed by atoms with E-state index in [1.165, 1.54) is 0 Å². The molecule has 4 nitrogen and oxygen atoms in total. The molecule has 1 aliphatic carbocycles. The smallest absolute Gasteiger partial charge is 0.237 e. The minimum absolute atomic E-state index is 0.0580. The van der Waals surface area contributed by atoms with Crippen LogP contribution in [0.5, 0.6) is 0 Å². The summed E-state index contributed by atoms with van der Waals surface area (Å²) in [4.78, 5) is 11.7. The minimum atomic E-state index is -0.0580. The maximum Gasteiger partial charge on any atom is 0.237 e. The summed E-state index contributed by atoms with van der Waals surface area (Å²) >= 11 is 0. The number of allylic oxidation sites excluding steroid dienone is 1. The molecule has 0 aromatic carbocycles.